The van der Waals surface area contributed by atoms with Crippen LogP contribution in [0, 0.1) is 6.92 Å². The second-order valence-corrected chi connectivity index (χ2v) is 0.721. The van der Waals surface area contributed by atoms with E-state index in [1.165, 1.54) is 0 Å². The first kappa shape index (κ1) is 9.73. The third kappa shape index (κ3) is 29.5. The van der Waals surface area contributed by atoms with E-state index in [9.17, 15) is 0 Å². The summed E-state index contributed by atoms with van der Waals surface area (Å²) in [6, 6.07) is 0. The first-order valence-corrected chi connectivity index (χ1v) is 1.11. The summed E-state index contributed by atoms with van der Waals surface area (Å²) in [7, 11) is 0. The van der Waals surface area contributed by atoms with Crippen molar-refractivity contribution in [2.75, 3.05) is 0 Å². The Kier molecular flexibility index (Phi) is 10.8. The molecule has 0 aliphatic rings. The van der Waals surface area contributed by atoms with Crippen LogP contribution in [0.3, 0.4) is 0 Å². The Hall–Kier alpha value is 1.53. The second-order valence-electron chi connectivity index (χ2n) is 0.319. The molecule has 0 aromatic heterocycles. The summed E-state index contributed by atoms with van der Waals surface area (Å²) in [5.41, 5.74) is 0. The maximum Gasteiger partial charge on any atom is 1.00 e. The molecule has 0 aliphatic carbocycles. The molecule has 0 bridgehead atoms. The molecule has 0 saturated carbocycles. The minimum Gasteiger partial charge on any atom is -0.742 e. The van der Waals surface area contributed by atoms with Crippen molar-refractivity contribution in [1.82, 2.24) is 0 Å². The van der Waals surface area contributed by atoms with Crippen LogP contribution in [0.1, 0.15) is 0 Å². The average Bonchev–Trinajstić information content (AvgIpc) is 0.811. The summed E-state index contributed by atoms with van der Waals surface area (Å²) in [6.07, 6.45) is 0. The zero-order valence-electron chi connectivity index (χ0n) is 2.89. The molecule has 0 unspecified atom stereocenters. The van der Waals surface area contributed by atoms with Gasteiger partial charge in [0.05, 0.1) is 0 Å². The standard InChI is InChI=1S/C2H2OS.K/c1-2(3)4;/h1H,(H,3,4);/q;+1/p-1. The summed E-state index contributed by atoms with van der Waals surface area (Å²) < 4.78 is 0. The van der Waals surface area contributed by atoms with Crippen molar-refractivity contribution in [3.8, 4) is 0 Å². The van der Waals surface area contributed by atoms with Gasteiger partial charge in [0.2, 0.25) is 0 Å². The molecule has 5 heavy (non-hydrogen) atoms. The third-order valence-electron chi connectivity index (χ3n) is 0. The van der Waals surface area contributed by atoms with Gasteiger partial charge >= 0.3 is 51.4 Å². The molecule has 0 aromatic carbocycles. The Labute approximate surface area is 79.3 Å². The van der Waals surface area contributed by atoms with Crippen molar-refractivity contribution >= 4 is 17.7 Å². The van der Waals surface area contributed by atoms with Crippen LogP contribution < -0.4 is 51.4 Å². The summed E-state index contributed by atoms with van der Waals surface area (Å²) in [5.74, 6) is 0. The summed E-state index contributed by atoms with van der Waals surface area (Å²) in [5, 5.41) is -0.750. The van der Waals surface area contributed by atoms with Gasteiger partial charge in [0.15, 0.2) is 0 Å². The molecule has 0 atom stereocenters. The van der Waals surface area contributed by atoms with Crippen molar-refractivity contribution in [2.24, 2.45) is 0 Å². The van der Waals surface area contributed by atoms with Crippen LogP contribution in [-0.4, -0.2) is 5.12 Å². The molecular weight excluding hydrogens is 111 g/mol. The third-order valence-corrected chi connectivity index (χ3v) is 0. The van der Waals surface area contributed by atoms with Gasteiger partial charge in [-0.2, -0.15) is 0 Å². The minimum absolute atomic E-state index is 0. The molecule has 0 heterocycles. The van der Waals surface area contributed by atoms with Gasteiger partial charge < -0.3 is 17.4 Å². The van der Waals surface area contributed by atoms with Crippen molar-refractivity contribution in [1.29, 1.82) is 0 Å². The van der Waals surface area contributed by atoms with Crippen molar-refractivity contribution in [2.45, 2.75) is 0 Å². The number of carbonyl (C=O) groups is 1. The van der Waals surface area contributed by atoms with Crippen molar-refractivity contribution in [3.05, 3.63) is 6.92 Å². The topological polar surface area (TPSA) is 17.1 Å². The normalized spacial score (nSPS) is 5.00. The minimum atomic E-state index is -0.750. The first-order chi connectivity index (χ1) is 1.73. The predicted molar refractivity (Wildman–Crippen MR) is 16.7 cm³/mol. The largest absolute Gasteiger partial charge is 1.00 e. The van der Waals surface area contributed by atoms with E-state index in [0.717, 1.165) is 0 Å². The zero-order valence-corrected chi connectivity index (χ0v) is 6.83. The van der Waals surface area contributed by atoms with Crippen LogP contribution >= 0.6 is 0 Å². The smallest absolute Gasteiger partial charge is 0.742 e. The average molecular weight is 112 g/mol. The van der Waals surface area contributed by atoms with Gasteiger partial charge in [-0.3, -0.25) is 0 Å². The Morgan fingerprint density at radius 3 is 1.80 bits per heavy atom. The van der Waals surface area contributed by atoms with E-state index in [1.54, 1.807) is 0 Å². The summed E-state index contributed by atoms with van der Waals surface area (Å²) >= 11 is 3.76. The monoisotopic (exact) mass is 112 g/mol. The molecule has 0 aromatic rings. The van der Waals surface area contributed by atoms with E-state index in [0.29, 0.717) is 0 Å². The van der Waals surface area contributed by atoms with E-state index in [2.05, 4.69) is 19.6 Å². The van der Waals surface area contributed by atoms with Crippen molar-refractivity contribution < 1.29 is 56.2 Å². The van der Waals surface area contributed by atoms with Gasteiger partial charge in [0, 0.05) is 12.0 Å². The molecule has 0 rings (SSSR count). The first-order valence-electron chi connectivity index (χ1n) is 0.697. The van der Waals surface area contributed by atoms with Crippen LogP contribution in [0.15, 0.2) is 0 Å². The van der Waals surface area contributed by atoms with Gasteiger partial charge in [-0.05, 0) is 0 Å². The van der Waals surface area contributed by atoms with Crippen LogP contribution in [-0.2, 0) is 17.4 Å². The van der Waals surface area contributed by atoms with Crippen molar-refractivity contribution in [3.63, 3.8) is 0 Å². The quantitative estimate of drug-likeness (QED) is 0.242. The summed E-state index contributed by atoms with van der Waals surface area (Å²) in [6.45, 7) is 4.29. The fraction of sp³-hybridized carbons (Fsp3) is 0. The zero-order chi connectivity index (χ0) is 3.58. The van der Waals surface area contributed by atoms with E-state index in [-0.39, 0.29) is 51.4 Å². The Morgan fingerprint density at radius 1 is 1.80 bits per heavy atom. The molecule has 0 N–H and O–H groups in total. The van der Waals surface area contributed by atoms with Crippen LogP contribution in [0.4, 0.5) is 0 Å². The molecule has 0 saturated heterocycles. The van der Waals surface area contributed by atoms with E-state index in [4.69, 9.17) is 4.79 Å². The van der Waals surface area contributed by atoms with Gasteiger partial charge in [0.25, 0.3) is 0 Å². The van der Waals surface area contributed by atoms with E-state index in [1.807, 2.05) is 0 Å². The predicted octanol–water partition coefficient (Wildman–Crippen LogP) is -3.23. The SMILES string of the molecule is [CH]C(=O)[S-].[K+]. The Bertz CT molecular complexity index is 32.6. The fourth-order valence-corrected chi connectivity index (χ4v) is 0. The molecule has 22 valence electrons. The fourth-order valence-electron chi connectivity index (χ4n) is 0. The Morgan fingerprint density at radius 2 is 1.80 bits per heavy atom. The molecule has 2 radical (unpaired) electrons. The number of hydrogen-bond acceptors (Lipinski definition) is 2. The van der Waals surface area contributed by atoms with E-state index >= 15 is 0 Å². The summed E-state index contributed by atoms with van der Waals surface area (Å²) in [4.78, 5) is 9.04. The molecular formula is C2HKOS. The molecule has 1 nitrogen and oxygen atoms in total. The molecule has 3 heteroatoms. The van der Waals surface area contributed by atoms with E-state index < -0.39 is 5.12 Å². The number of hydrogen-bond donors (Lipinski definition) is 0. The van der Waals surface area contributed by atoms with Gasteiger partial charge in [-0.1, -0.05) is 0 Å². The molecule has 0 spiro atoms. The van der Waals surface area contributed by atoms with Gasteiger partial charge in [-0.15, -0.1) is 0 Å². The Balaban J connectivity index is 0. The van der Waals surface area contributed by atoms with Crippen LogP contribution in [0.2, 0.25) is 0 Å². The molecule has 0 aliphatic heterocycles. The maximum absolute atomic E-state index is 9.04. The second kappa shape index (κ2) is 5.53. The number of carbonyl (C=O) groups excluding carboxylic acids is 1. The van der Waals surface area contributed by atoms with Crippen LogP contribution in [0.5, 0.6) is 0 Å². The van der Waals surface area contributed by atoms with Crippen LogP contribution in [0.25, 0.3) is 0 Å². The molecule has 0 fully saturated rings. The van der Waals surface area contributed by atoms with Gasteiger partial charge in [-0.25, -0.2) is 0 Å². The maximum atomic E-state index is 9.04. The number of rotatable bonds is 0. The van der Waals surface area contributed by atoms with Gasteiger partial charge in [0.1, 0.15) is 0 Å². The molecule has 0 amide bonds.